The second-order valence-electron chi connectivity index (χ2n) is 2.61. The highest BCUT2D eigenvalue weighted by Crippen LogP contribution is 2.22. The quantitative estimate of drug-likeness (QED) is 0.620. The standard InChI is InChI=1S/C8H6BrClO4S/c1-14-8(11)5-2-6(9)4-7(3-5)15(10,12)13/h2-4H,1H3. The zero-order valence-electron chi connectivity index (χ0n) is 7.53. The molecule has 0 saturated heterocycles. The van der Waals surface area contributed by atoms with Gasteiger partial charge >= 0.3 is 5.97 Å². The molecule has 82 valence electrons. The zero-order chi connectivity index (χ0) is 11.6. The highest BCUT2D eigenvalue weighted by atomic mass is 79.9. The van der Waals surface area contributed by atoms with Gasteiger partial charge < -0.3 is 4.74 Å². The molecule has 0 bridgehead atoms. The van der Waals surface area contributed by atoms with E-state index in [1.165, 1.54) is 19.2 Å². The van der Waals surface area contributed by atoms with Crippen molar-refractivity contribution in [2.24, 2.45) is 0 Å². The summed E-state index contributed by atoms with van der Waals surface area (Å²) in [5, 5.41) is 0. The number of hydrogen-bond acceptors (Lipinski definition) is 4. The number of benzene rings is 1. The number of halogens is 2. The molecule has 1 aromatic carbocycles. The molecule has 0 aliphatic rings. The number of carbonyl (C=O) groups excluding carboxylic acids is 1. The van der Waals surface area contributed by atoms with E-state index >= 15 is 0 Å². The Morgan fingerprint density at radius 1 is 1.40 bits per heavy atom. The van der Waals surface area contributed by atoms with Crippen LogP contribution in [-0.2, 0) is 13.8 Å². The lowest BCUT2D eigenvalue weighted by Crippen LogP contribution is -2.03. The molecule has 0 radical (unpaired) electrons. The topological polar surface area (TPSA) is 60.4 Å². The van der Waals surface area contributed by atoms with Crippen molar-refractivity contribution in [3.63, 3.8) is 0 Å². The van der Waals surface area contributed by atoms with Gasteiger partial charge in [0.2, 0.25) is 0 Å². The molecule has 0 aromatic heterocycles. The van der Waals surface area contributed by atoms with Gasteiger partial charge in [-0.2, -0.15) is 0 Å². The molecule has 15 heavy (non-hydrogen) atoms. The SMILES string of the molecule is COC(=O)c1cc(Br)cc(S(=O)(=O)Cl)c1. The van der Waals surface area contributed by atoms with Crippen molar-refractivity contribution in [2.45, 2.75) is 4.90 Å². The molecule has 4 nitrogen and oxygen atoms in total. The van der Waals surface area contributed by atoms with Gasteiger partial charge in [0.05, 0.1) is 17.6 Å². The van der Waals surface area contributed by atoms with Gasteiger partial charge in [-0.25, -0.2) is 13.2 Å². The van der Waals surface area contributed by atoms with Crippen molar-refractivity contribution in [2.75, 3.05) is 7.11 Å². The van der Waals surface area contributed by atoms with Crippen LogP contribution in [0.5, 0.6) is 0 Å². The fraction of sp³-hybridized carbons (Fsp3) is 0.125. The van der Waals surface area contributed by atoms with Crippen LogP contribution >= 0.6 is 26.6 Å². The number of ether oxygens (including phenoxy) is 1. The Hall–Kier alpha value is -0.590. The van der Waals surface area contributed by atoms with Crippen LogP contribution in [0.15, 0.2) is 27.6 Å². The lowest BCUT2D eigenvalue weighted by atomic mass is 10.2. The van der Waals surface area contributed by atoms with Gasteiger partial charge in [-0.15, -0.1) is 0 Å². The van der Waals surface area contributed by atoms with Gasteiger partial charge in [-0.05, 0) is 18.2 Å². The molecule has 0 aliphatic carbocycles. The molecular formula is C8H6BrClO4S. The molecule has 0 spiro atoms. The first-order valence-corrected chi connectivity index (χ1v) is 6.78. The molecule has 7 heteroatoms. The van der Waals surface area contributed by atoms with E-state index in [0.717, 1.165) is 6.07 Å². The van der Waals surface area contributed by atoms with Crippen molar-refractivity contribution in [3.05, 3.63) is 28.2 Å². The average molecular weight is 314 g/mol. The van der Waals surface area contributed by atoms with Crippen molar-refractivity contribution in [1.82, 2.24) is 0 Å². The number of hydrogen-bond donors (Lipinski definition) is 0. The van der Waals surface area contributed by atoms with Crippen LogP contribution in [0.1, 0.15) is 10.4 Å². The number of rotatable bonds is 2. The molecule has 0 atom stereocenters. The molecule has 1 rings (SSSR count). The molecule has 0 heterocycles. The number of esters is 1. The van der Waals surface area contributed by atoms with Gasteiger partial charge in [-0.3, -0.25) is 0 Å². The van der Waals surface area contributed by atoms with Crippen LogP contribution in [0, 0.1) is 0 Å². The van der Waals surface area contributed by atoms with Crippen LogP contribution in [0.4, 0.5) is 0 Å². The van der Waals surface area contributed by atoms with Crippen molar-refractivity contribution in [3.8, 4) is 0 Å². The summed E-state index contributed by atoms with van der Waals surface area (Å²) in [6, 6.07) is 3.89. The summed E-state index contributed by atoms with van der Waals surface area (Å²) in [6.07, 6.45) is 0. The lowest BCUT2D eigenvalue weighted by molar-refractivity contribution is 0.0600. The maximum Gasteiger partial charge on any atom is 0.337 e. The first-order valence-electron chi connectivity index (χ1n) is 3.68. The minimum absolute atomic E-state index is 0.117. The minimum Gasteiger partial charge on any atom is -0.465 e. The van der Waals surface area contributed by atoms with Crippen LogP contribution < -0.4 is 0 Å². The van der Waals surface area contributed by atoms with E-state index in [1.807, 2.05) is 0 Å². The molecule has 0 N–H and O–H groups in total. The summed E-state index contributed by atoms with van der Waals surface area (Å²) in [5.41, 5.74) is 0.117. The summed E-state index contributed by atoms with van der Waals surface area (Å²) in [5.74, 6) is -0.627. The van der Waals surface area contributed by atoms with Gasteiger partial charge in [0, 0.05) is 15.2 Å². The number of methoxy groups -OCH3 is 1. The fourth-order valence-corrected chi connectivity index (χ4v) is 2.39. The van der Waals surface area contributed by atoms with Gasteiger partial charge in [0.15, 0.2) is 0 Å². The highest BCUT2D eigenvalue weighted by molar-refractivity contribution is 9.10. The van der Waals surface area contributed by atoms with E-state index in [9.17, 15) is 13.2 Å². The van der Waals surface area contributed by atoms with Crippen molar-refractivity contribution < 1.29 is 17.9 Å². The lowest BCUT2D eigenvalue weighted by Gasteiger charge is -2.02. The van der Waals surface area contributed by atoms with E-state index < -0.39 is 15.0 Å². The summed E-state index contributed by atoms with van der Waals surface area (Å²) in [7, 11) is 2.50. The van der Waals surface area contributed by atoms with Crippen LogP contribution in [0.25, 0.3) is 0 Å². The maximum absolute atomic E-state index is 11.2. The summed E-state index contributed by atoms with van der Waals surface area (Å²) >= 11 is 3.07. The van der Waals surface area contributed by atoms with E-state index in [1.54, 1.807) is 0 Å². The average Bonchev–Trinajstić information content (AvgIpc) is 2.14. The van der Waals surface area contributed by atoms with E-state index in [4.69, 9.17) is 10.7 Å². The highest BCUT2D eigenvalue weighted by Gasteiger charge is 2.15. The van der Waals surface area contributed by atoms with Crippen LogP contribution in [-0.4, -0.2) is 21.5 Å². The molecule has 0 unspecified atom stereocenters. The van der Waals surface area contributed by atoms with Gasteiger partial charge in [-0.1, -0.05) is 15.9 Å². The first kappa shape index (κ1) is 12.5. The third-order valence-electron chi connectivity index (χ3n) is 1.57. The Bertz CT molecular complexity index is 497. The van der Waals surface area contributed by atoms with Gasteiger partial charge in [0.1, 0.15) is 0 Å². The van der Waals surface area contributed by atoms with E-state index in [2.05, 4.69) is 20.7 Å². The Morgan fingerprint density at radius 2 is 2.00 bits per heavy atom. The minimum atomic E-state index is -3.86. The van der Waals surface area contributed by atoms with Gasteiger partial charge in [0.25, 0.3) is 9.05 Å². The molecule has 0 amide bonds. The second kappa shape index (κ2) is 4.51. The largest absolute Gasteiger partial charge is 0.465 e. The van der Waals surface area contributed by atoms with Crippen molar-refractivity contribution in [1.29, 1.82) is 0 Å². The Morgan fingerprint density at radius 3 is 2.47 bits per heavy atom. The van der Waals surface area contributed by atoms with Crippen molar-refractivity contribution >= 4 is 41.6 Å². The van der Waals surface area contributed by atoms with Crippen LogP contribution in [0.2, 0.25) is 0 Å². The molecule has 0 saturated carbocycles. The molecular weight excluding hydrogens is 308 g/mol. The molecule has 0 fully saturated rings. The molecule has 0 aliphatic heterocycles. The van der Waals surface area contributed by atoms with Crippen LogP contribution in [0.3, 0.4) is 0 Å². The third kappa shape index (κ3) is 3.19. The smallest absolute Gasteiger partial charge is 0.337 e. The predicted molar refractivity (Wildman–Crippen MR) is 58.5 cm³/mol. The van der Waals surface area contributed by atoms with E-state index in [-0.39, 0.29) is 10.5 Å². The maximum atomic E-state index is 11.2. The molecule has 1 aromatic rings. The third-order valence-corrected chi connectivity index (χ3v) is 3.37. The Labute approximate surface area is 99.7 Å². The van der Waals surface area contributed by atoms with E-state index in [0.29, 0.717) is 4.47 Å². The normalized spacial score (nSPS) is 11.1. The Balaban J connectivity index is 3.35. The predicted octanol–water partition coefficient (Wildman–Crippen LogP) is 2.16. The summed E-state index contributed by atoms with van der Waals surface area (Å²) in [4.78, 5) is 11.0. The zero-order valence-corrected chi connectivity index (χ0v) is 10.7. The number of carbonyl (C=O) groups is 1. The second-order valence-corrected chi connectivity index (χ2v) is 6.09. The first-order chi connectivity index (χ1) is 6.84. The Kier molecular flexibility index (Phi) is 3.75. The monoisotopic (exact) mass is 312 g/mol. The summed E-state index contributed by atoms with van der Waals surface area (Å²) < 4.78 is 27.0. The fourth-order valence-electron chi connectivity index (χ4n) is 0.939. The summed E-state index contributed by atoms with van der Waals surface area (Å²) in [6.45, 7) is 0.